The van der Waals surface area contributed by atoms with Gasteiger partial charge in [-0.05, 0) is 23.8 Å². The molecule has 3 nitrogen and oxygen atoms in total. The highest BCUT2D eigenvalue weighted by molar-refractivity contribution is 8.04. The first-order chi connectivity index (χ1) is 13.1. The predicted molar refractivity (Wildman–Crippen MR) is 104 cm³/mol. The van der Waals surface area contributed by atoms with Crippen LogP contribution in [0.2, 0.25) is 0 Å². The third kappa shape index (κ3) is 2.34. The van der Waals surface area contributed by atoms with E-state index in [9.17, 15) is 14.4 Å². The van der Waals surface area contributed by atoms with Crippen molar-refractivity contribution in [2.45, 2.75) is 4.90 Å². The molecule has 0 amide bonds. The molecule has 1 heterocycles. The van der Waals surface area contributed by atoms with Crippen LogP contribution in [0.15, 0.2) is 76.5 Å². The van der Waals surface area contributed by atoms with Gasteiger partial charge < -0.3 is 0 Å². The first-order valence-electron chi connectivity index (χ1n) is 8.50. The molecular formula is C23H12O3S. The number of Topliss-reactive ketones (excluding diaryl/α,β-unsaturated/α-hetero) is 1. The lowest BCUT2D eigenvalue weighted by molar-refractivity contribution is 0.0971. The Morgan fingerprint density at radius 3 is 2.00 bits per heavy atom. The van der Waals surface area contributed by atoms with Gasteiger partial charge in [0.25, 0.3) is 0 Å². The Kier molecular flexibility index (Phi) is 3.49. The van der Waals surface area contributed by atoms with Crippen molar-refractivity contribution in [1.82, 2.24) is 0 Å². The maximum Gasteiger partial charge on any atom is 0.201 e. The highest BCUT2D eigenvalue weighted by atomic mass is 32.2. The molecule has 0 bridgehead atoms. The summed E-state index contributed by atoms with van der Waals surface area (Å²) in [5.41, 5.74) is 2.59. The number of allylic oxidation sites excluding steroid dienone is 1. The van der Waals surface area contributed by atoms with Crippen molar-refractivity contribution in [3.05, 3.63) is 105 Å². The summed E-state index contributed by atoms with van der Waals surface area (Å²) in [6.07, 6.45) is 1.82. The molecule has 1 aliphatic heterocycles. The standard InChI is InChI=1S/C23H12O3S/c24-21-14-8-4-5-9-15(14)22(25)19-16(21)10-11-17-20(19)23(26)18(27-17)12-13-6-2-1-3-7-13/h1-12H. The van der Waals surface area contributed by atoms with Gasteiger partial charge in [0.05, 0.1) is 4.91 Å². The summed E-state index contributed by atoms with van der Waals surface area (Å²) in [5, 5.41) is 0. The number of fused-ring (bicyclic) bond motifs is 4. The Hall–Kier alpha value is -3.24. The van der Waals surface area contributed by atoms with E-state index in [1.807, 2.05) is 36.4 Å². The number of rotatable bonds is 1. The minimum absolute atomic E-state index is 0.198. The van der Waals surface area contributed by atoms with E-state index in [1.54, 1.807) is 36.4 Å². The third-order valence-corrected chi connectivity index (χ3v) is 5.91. The second-order valence-electron chi connectivity index (χ2n) is 6.42. The summed E-state index contributed by atoms with van der Waals surface area (Å²) in [6.45, 7) is 0. The van der Waals surface area contributed by atoms with Gasteiger partial charge in [-0.1, -0.05) is 66.4 Å². The van der Waals surface area contributed by atoms with Gasteiger partial charge in [-0.25, -0.2) is 0 Å². The van der Waals surface area contributed by atoms with E-state index in [0.717, 1.165) is 10.5 Å². The average Bonchev–Trinajstić information content (AvgIpc) is 3.02. The number of benzene rings is 3. The van der Waals surface area contributed by atoms with Crippen LogP contribution in [0, 0.1) is 0 Å². The molecule has 3 aromatic rings. The number of thioether (sulfide) groups is 1. The van der Waals surface area contributed by atoms with Gasteiger partial charge in [-0.2, -0.15) is 0 Å². The smallest absolute Gasteiger partial charge is 0.201 e. The van der Waals surface area contributed by atoms with Crippen LogP contribution < -0.4 is 0 Å². The largest absolute Gasteiger partial charge is 0.289 e. The average molecular weight is 368 g/mol. The summed E-state index contributed by atoms with van der Waals surface area (Å²) in [4.78, 5) is 40.3. The molecule has 3 aromatic carbocycles. The molecule has 0 saturated heterocycles. The van der Waals surface area contributed by atoms with E-state index in [2.05, 4.69) is 0 Å². The van der Waals surface area contributed by atoms with Crippen LogP contribution in [0.1, 0.15) is 47.8 Å². The third-order valence-electron chi connectivity index (χ3n) is 4.82. The van der Waals surface area contributed by atoms with Crippen LogP contribution >= 0.6 is 11.8 Å². The molecule has 0 aromatic heterocycles. The van der Waals surface area contributed by atoms with Crippen molar-refractivity contribution in [1.29, 1.82) is 0 Å². The Morgan fingerprint density at radius 1 is 0.593 bits per heavy atom. The van der Waals surface area contributed by atoms with Crippen molar-refractivity contribution in [2.75, 3.05) is 0 Å². The van der Waals surface area contributed by atoms with Gasteiger partial charge in [-0.15, -0.1) is 0 Å². The maximum atomic E-state index is 13.1. The van der Waals surface area contributed by atoms with Crippen LogP contribution in [-0.2, 0) is 0 Å². The van der Waals surface area contributed by atoms with Crippen molar-refractivity contribution in [2.24, 2.45) is 0 Å². The minimum atomic E-state index is -0.257. The fourth-order valence-corrected chi connectivity index (χ4v) is 4.62. The molecule has 27 heavy (non-hydrogen) atoms. The second kappa shape index (κ2) is 5.89. The molecule has 0 N–H and O–H groups in total. The van der Waals surface area contributed by atoms with Gasteiger partial charge in [-0.3, -0.25) is 14.4 Å². The lowest BCUT2D eigenvalue weighted by atomic mass is 9.81. The van der Waals surface area contributed by atoms with Crippen molar-refractivity contribution < 1.29 is 14.4 Å². The molecule has 5 rings (SSSR count). The molecular weight excluding hydrogens is 356 g/mol. The molecule has 128 valence electrons. The molecule has 0 spiro atoms. The topological polar surface area (TPSA) is 51.2 Å². The molecule has 0 fully saturated rings. The molecule has 0 atom stereocenters. The van der Waals surface area contributed by atoms with Crippen LogP contribution in [0.25, 0.3) is 6.08 Å². The van der Waals surface area contributed by atoms with Crippen LogP contribution in [0.5, 0.6) is 0 Å². The number of ketones is 3. The van der Waals surface area contributed by atoms with Crippen molar-refractivity contribution >= 4 is 35.2 Å². The van der Waals surface area contributed by atoms with Crippen LogP contribution in [0.3, 0.4) is 0 Å². The lowest BCUT2D eigenvalue weighted by Gasteiger charge is -2.19. The van der Waals surface area contributed by atoms with Crippen LogP contribution in [-0.4, -0.2) is 17.3 Å². The number of carbonyl (C=O) groups excluding carboxylic acids is 3. The molecule has 4 heteroatoms. The monoisotopic (exact) mass is 368 g/mol. The zero-order chi connectivity index (χ0) is 18.5. The number of hydrogen-bond acceptors (Lipinski definition) is 4. The summed E-state index contributed by atoms with van der Waals surface area (Å²) >= 11 is 1.34. The maximum absolute atomic E-state index is 13.1. The highest BCUT2D eigenvalue weighted by Crippen LogP contribution is 2.45. The van der Waals surface area contributed by atoms with E-state index in [0.29, 0.717) is 27.2 Å². The Balaban J connectivity index is 1.68. The zero-order valence-corrected chi connectivity index (χ0v) is 14.9. The van der Waals surface area contributed by atoms with E-state index >= 15 is 0 Å². The fraction of sp³-hybridized carbons (Fsp3) is 0. The predicted octanol–water partition coefficient (Wildman–Crippen LogP) is 4.79. The molecule has 0 radical (unpaired) electrons. The van der Waals surface area contributed by atoms with Gasteiger partial charge >= 0.3 is 0 Å². The fourth-order valence-electron chi connectivity index (χ4n) is 3.56. The van der Waals surface area contributed by atoms with Crippen molar-refractivity contribution in [3.8, 4) is 0 Å². The van der Waals surface area contributed by atoms with Gasteiger partial charge in [0.15, 0.2) is 11.6 Å². The van der Waals surface area contributed by atoms with E-state index in [1.165, 1.54) is 11.8 Å². The van der Waals surface area contributed by atoms with Crippen molar-refractivity contribution in [3.63, 3.8) is 0 Å². The molecule has 2 aliphatic rings. The van der Waals surface area contributed by atoms with Crippen LogP contribution in [0.4, 0.5) is 0 Å². The second-order valence-corrected chi connectivity index (χ2v) is 7.50. The van der Waals surface area contributed by atoms with Gasteiger partial charge in [0, 0.05) is 32.7 Å². The summed E-state index contributed by atoms with van der Waals surface area (Å²) < 4.78 is 0. The van der Waals surface area contributed by atoms with E-state index < -0.39 is 0 Å². The number of hydrogen-bond donors (Lipinski definition) is 0. The minimum Gasteiger partial charge on any atom is -0.289 e. The normalized spacial score (nSPS) is 16.3. The molecule has 1 aliphatic carbocycles. The Morgan fingerprint density at radius 2 is 1.26 bits per heavy atom. The Bertz CT molecular complexity index is 1190. The zero-order valence-electron chi connectivity index (χ0n) is 14.1. The van der Waals surface area contributed by atoms with Gasteiger partial charge in [0.1, 0.15) is 0 Å². The summed E-state index contributed by atoms with van der Waals surface area (Å²) in [7, 11) is 0. The lowest BCUT2D eigenvalue weighted by Crippen LogP contribution is -2.23. The quantitative estimate of drug-likeness (QED) is 0.453. The summed E-state index contributed by atoms with van der Waals surface area (Å²) in [5.74, 6) is -0.663. The van der Waals surface area contributed by atoms with E-state index in [4.69, 9.17) is 0 Å². The first kappa shape index (κ1) is 16.0. The number of carbonyl (C=O) groups is 3. The SMILES string of the molecule is O=C1c2ccccc2C(=O)c2c1ccc1c2C(=O)C(=Cc2ccccc2)S1. The van der Waals surface area contributed by atoms with E-state index in [-0.39, 0.29) is 22.9 Å². The summed E-state index contributed by atoms with van der Waals surface area (Å²) in [6, 6.07) is 19.8. The first-order valence-corrected chi connectivity index (χ1v) is 9.31. The highest BCUT2D eigenvalue weighted by Gasteiger charge is 2.38. The molecule has 0 saturated carbocycles. The van der Waals surface area contributed by atoms with Gasteiger partial charge in [0.2, 0.25) is 5.78 Å². The Labute approximate surface area is 159 Å². The molecule has 0 unspecified atom stereocenters.